The van der Waals surface area contributed by atoms with Crippen LogP contribution in [0.25, 0.3) is 0 Å². The summed E-state index contributed by atoms with van der Waals surface area (Å²) in [5, 5.41) is 0. The molecule has 1 rings (SSSR count). The second-order valence-electron chi connectivity index (χ2n) is 7.29. The summed E-state index contributed by atoms with van der Waals surface area (Å²) in [7, 11) is -1.14. The molecule has 2 atom stereocenters. The normalized spacial score (nSPS) is 14.6. The van der Waals surface area contributed by atoms with Gasteiger partial charge < -0.3 is 14.9 Å². The minimum atomic E-state index is -1.14. The molecule has 1 aromatic carbocycles. The van der Waals surface area contributed by atoms with Gasteiger partial charge in [-0.15, -0.1) is 0 Å². The van der Waals surface area contributed by atoms with Gasteiger partial charge in [-0.2, -0.15) is 0 Å². The number of esters is 1. The van der Waals surface area contributed by atoms with E-state index in [4.69, 9.17) is 14.9 Å². The number of ether oxygens (including phenoxy) is 1. The van der Waals surface area contributed by atoms with Gasteiger partial charge in [0.1, 0.15) is 6.61 Å². The fourth-order valence-corrected chi connectivity index (χ4v) is 3.12. The Balaban J connectivity index is 2.74. The smallest absolute Gasteiger partial charge is 0.310 e. The van der Waals surface area contributed by atoms with Gasteiger partial charge in [-0.25, -0.2) is 0 Å². The Hall–Kier alpha value is -1.17. The number of hydrogen-bond donors (Lipinski definition) is 1. The monoisotopic (exact) mass is 337 g/mol. The number of nitrogens with two attached hydrogens (primary N) is 1. The van der Waals surface area contributed by atoms with E-state index in [1.165, 1.54) is 0 Å². The summed E-state index contributed by atoms with van der Waals surface area (Å²) in [4.78, 5) is 12.5. The van der Waals surface area contributed by atoms with Crippen LogP contribution in [0.5, 0.6) is 0 Å². The minimum Gasteiger partial charge on any atom is -0.461 e. The zero-order valence-electron chi connectivity index (χ0n) is 15.0. The lowest BCUT2D eigenvalue weighted by atomic mass is 9.73. The molecule has 0 amide bonds. The Labute approximate surface area is 142 Å². The molecule has 130 valence electrons. The number of hydrogen-bond acceptors (Lipinski definition) is 4. The third-order valence-electron chi connectivity index (χ3n) is 3.99. The van der Waals surface area contributed by atoms with E-state index in [1.807, 2.05) is 30.3 Å². The van der Waals surface area contributed by atoms with Crippen molar-refractivity contribution in [3.05, 3.63) is 35.9 Å². The van der Waals surface area contributed by atoms with E-state index in [0.717, 1.165) is 5.56 Å². The molecule has 0 saturated carbocycles. The highest BCUT2D eigenvalue weighted by Crippen LogP contribution is 2.33. The van der Waals surface area contributed by atoms with Crippen LogP contribution in [0.4, 0.5) is 0 Å². The Morgan fingerprint density at radius 2 is 1.83 bits per heavy atom. The molecule has 0 aliphatic heterocycles. The number of rotatable bonds is 8. The first-order valence-corrected chi connectivity index (χ1v) is 11.1. The summed E-state index contributed by atoms with van der Waals surface area (Å²) in [6.07, 6.45) is 0. The molecule has 0 aliphatic rings. The number of carbonyl (C=O) groups excluding carboxylic acids is 1. The lowest BCUT2D eigenvalue weighted by Gasteiger charge is -2.35. The van der Waals surface area contributed by atoms with Crippen molar-refractivity contribution in [2.45, 2.75) is 40.5 Å². The fraction of sp³-hybridized carbons (Fsp3) is 0.611. The summed E-state index contributed by atoms with van der Waals surface area (Å²) >= 11 is 0. The summed E-state index contributed by atoms with van der Waals surface area (Å²) in [5.74, 6) is -0.526. The molecule has 0 radical (unpaired) electrons. The van der Waals surface area contributed by atoms with Crippen LogP contribution in [-0.4, -0.2) is 28.2 Å². The molecule has 0 unspecified atom stereocenters. The maximum atomic E-state index is 12.5. The lowest BCUT2D eigenvalue weighted by molar-refractivity contribution is -0.154. The van der Waals surface area contributed by atoms with E-state index in [1.54, 1.807) is 0 Å². The van der Waals surface area contributed by atoms with E-state index >= 15 is 0 Å². The van der Waals surface area contributed by atoms with Gasteiger partial charge in [-0.05, 0) is 24.1 Å². The standard InChI is InChI=1S/C18H31NO3Si/c1-18(2,3)16(13-22-23(4)5)15(11-19)17(20)21-12-14-9-7-6-8-10-14/h6-10,15-16,23H,11-13,19H2,1-5H3/t15-,16-/m1/s1. The van der Waals surface area contributed by atoms with Crippen molar-refractivity contribution >= 4 is 15.0 Å². The van der Waals surface area contributed by atoms with Crippen molar-refractivity contribution in [2.75, 3.05) is 13.2 Å². The van der Waals surface area contributed by atoms with Crippen LogP contribution >= 0.6 is 0 Å². The first-order valence-electron chi connectivity index (χ1n) is 8.28. The van der Waals surface area contributed by atoms with Crippen LogP contribution in [0.1, 0.15) is 26.3 Å². The van der Waals surface area contributed by atoms with Gasteiger partial charge in [0, 0.05) is 19.1 Å². The molecule has 0 bridgehead atoms. The quantitative estimate of drug-likeness (QED) is 0.585. The van der Waals surface area contributed by atoms with E-state index in [-0.39, 0.29) is 36.4 Å². The highest BCUT2D eigenvalue weighted by atomic mass is 28.3. The molecule has 0 heterocycles. The zero-order chi connectivity index (χ0) is 17.5. The van der Waals surface area contributed by atoms with Gasteiger partial charge >= 0.3 is 5.97 Å². The molecule has 0 spiro atoms. The van der Waals surface area contributed by atoms with Crippen molar-refractivity contribution < 1.29 is 14.0 Å². The van der Waals surface area contributed by atoms with Crippen molar-refractivity contribution in [3.8, 4) is 0 Å². The van der Waals surface area contributed by atoms with Gasteiger partial charge in [0.05, 0.1) is 5.92 Å². The molecule has 2 N–H and O–H groups in total. The summed E-state index contributed by atoms with van der Waals surface area (Å²) < 4.78 is 11.4. The SMILES string of the molecule is C[SiH](C)OC[C@H]([C@@H](CN)C(=O)OCc1ccccc1)C(C)(C)C. The molecule has 4 nitrogen and oxygen atoms in total. The van der Waals surface area contributed by atoms with Gasteiger partial charge in [0.25, 0.3) is 0 Å². The third-order valence-corrected chi connectivity index (χ3v) is 4.85. The summed E-state index contributed by atoms with van der Waals surface area (Å²) in [6, 6.07) is 9.70. The Morgan fingerprint density at radius 1 is 1.22 bits per heavy atom. The van der Waals surface area contributed by atoms with E-state index in [2.05, 4.69) is 33.9 Å². The maximum Gasteiger partial charge on any atom is 0.310 e. The predicted molar refractivity (Wildman–Crippen MR) is 96.6 cm³/mol. The second-order valence-corrected chi connectivity index (χ2v) is 9.72. The first kappa shape index (κ1) is 19.9. The van der Waals surface area contributed by atoms with E-state index in [9.17, 15) is 4.79 Å². The molecule has 0 aromatic heterocycles. The highest BCUT2D eigenvalue weighted by Gasteiger charge is 2.37. The van der Waals surface area contributed by atoms with Crippen LogP contribution < -0.4 is 5.73 Å². The van der Waals surface area contributed by atoms with Gasteiger partial charge in [0.15, 0.2) is 9.04 Å². The maximum absolute atomic E-state index is 12.5. The Morgan fingerprint density at radius 3 is 2.30 bits per heavy atom. The Kier molecular flexibility index (Phi) is 7.95. The van der Waals surface area contributed by atoms with Crippen LogP contribution in [0, 0.1) is 17.3 Å². The summed E-state index contributed by atoms with van der Waals surface area (Å²) in [6.45, 7) is 11.7. The molecular weight excluding hydrogens is 306 g/mol. The predicted octanol–water partition coefficient (Wildman–Crippen LogP) is 2.97. The fourth-order valence-electron chi connectivity index (χ4n) is 2.53. The molecule has 0 fully saturated rings. The van der Waals surface area contributed by atoms with E-state index < -0.39 is 9.04 Å². The second kappa shape index (κ2) is 9.20. The van der Waals surface area contributed by atoms with Crippen molar-refractivity contribution in [2.24, 2.45) is 23.0 Å². The molecular formula is C18H31NO3Si. The Bertz CT molecular complexity index is 471. The zero-order valence-corrected chi connectivity index (χ0v) is 16.2. The highest BCUT2D eigenvalue weighted by molar-refractivity contribution is 6.48. The van der Waals surface area contributed by atoms with Gasteiger partial charge in [-0.1, -0.05) is 51.1 Å². The van der Waals surface area contributed by atoms with Crippen LogP contribution in [-0.2, 0) is 20.6 Å². The van der Waals surface area contributed by atoms with Crippen LogP contribution in [0.2, 0.25) is 13.1 Å². The van der Waals surface area contributed by atoms with Gasteiger partial charge in [-0.3, -0.25) is 4.79 Å². The van der Waals surface area contributed by atoms with Crippen molar-refractivity contribution in [3.63, 3.8) is 0 Å². The minimum absolute atomic E-state index is 0.0469. The molecule has 23 heavy (non-hydrogen) atoms. The topological polar surface area (TPSA) is 61.5 Å². The van der Waals surface area contributed by atoms with Crippen molar-refractivity contribution in [1.29, 1.82) is 0 Å². The number of benzene rings is 1. The molecule has 5 heteroatoms. The number of carbonyl (C=O) groups is 1. The lowest BCUT2D eigenvalue weighted by Crippen LogP contribution is -2.42. The first-order chi connectivity index (χ1) is 10.8. The summed E-state index contributed by atoms with van der Waals surface area (Å²) in [5.41, 5.74) is 6.81. The van der Waals surface area contributed by atoms with Crippen molar-refractivity contribution in [1.82, 2.24) is 0 Å². The molecule has 1 aromatic rings. The van der Waals surface area contributed by atoms with Gasteiger partial charge in [0.2, 0.25) is 0 Å². The van der Waals surface area contributed by atoms with E-state index in [0.29, 0.717) is 6.61 Å². The largest absolute Gasteiger partial charge is 0.461 e. The third kappa shape index (κ3) is 6.85. The van der Waals surface area contributed by atoms with Crippen LogP contribution in [0.15, 0.2) is 30.3 Å². The average molecular weight is 338 g/mol. The molecule has 0 aliphatic carbocycles. The van der Waals surface area contributed by atoms with Crippen LogP contribution in [0.3, 0.4) is 0 Å². The average Bonchev–Trinajstić information content (AvgIpc) is 2.48. The molecule has 0 saturated heterocycles.